The molecule has 27 heavy (non-hydrogen) atoms. The zero-order valence-corrected chi connectivity index (χ0v) is 17.9. The number of piperazine rings is 1. The number of carbonyl (C=O) groups is 1. The number of carbonyl (C=O) groups excluding carboxylic acids is 1. The maximum absolute atomic E-state index is 13.3. The molecule has 1 aliphatic carbocycles. The molecular weight excluding hydrogens is 360 g/mol. The lowest BCUT2D eigenvalue weighted by atomic mass is 9.88. The van der Waals surface area contributed by atoms with Crippen LogP contribution in [-0.4, -0.2) is 49.7 Å². The van der Waals surface area contributed by atoms with Gasteiger partial charge in [0.25, 0.3) is 0 Å². The van der Waals surface area contributed by atoms with Gasteiger partial charge in [-0.2, -0.15) is 4.31 Å². The third kappa shape index (κ3) is 3.92. The molecule has 0 atom stereocenters. The Kier molecular flexibility index (Phi) is 5.96. The Bertz CT molecular complexity index is 792. The number of amides is 1. The number of rotatable bonds is 3. The molecule has 1 aliphatic heterocycles. The molecule has 1 amide bonds. The van der Waals surface area contributed by atoms with Crippen molar-refractivity contribution in [2.75, 3.05) is 26.2 Å². The van der Waals surface area contributed by atoms with E-state index in [0.29, 0.717) is 31.1 Å². The third-order valence-electron chi connectivity index (χ3n) is 6.40. The molecule has 150 valence electrons. The van der Waals surface area contributed by atoms with Gasteiger partial charge in [-0.05, 0) is 62.8 Å². The summed E-state index contributed by atoms with van der Waals surface area (Å²) in [5.41, 5.74) is 3.67. The molecule has 0 bridgehead atoms. The summed E-state index contributed by atoms with van der Waals surface area (Å²) < 4.78 is 28.2. The first-order valence-electron chi connectivity index (χ1n) is 10.1. The molecule has 6 heteroatoms. The smallest absolute Gasteiger partial charge is 0.243 e. The summed E-state index contributed by atoms with van der Waals surface area (Å²) in [7, 11) is -3.55. The molecular formula is C21H32N2O3S. The van der Waals surface area contributed by atoms with Gasteiger partial charge in [0, 0.05) is 32.1 Å². The van der Waals surface area contributed by atoms with Gasteiger partial charge in [0.1, 0.15) is 0 Å². The number of nitrogens with zero attached hydrogens (tertiary/aromatic N) is 2. The molecule has 2 fully saturated rings. The standard InChI is InChI=1S/C21H32N2O3S/c1-15-14-16(2)18(4)20(17(15)3)27(25,26)23-12-10-22(11-13-23)21(24)19-8-6-5-7-9-19/h14,19H,5-13H2,1-4H3. The van der Waals surface area contributed by atoms with Crippen molar-refractivity contribution in [2.45, 2.75) is 64.7 Å². The van der Waals surface area contributed by atoms with Crippen LogP contribution >= 0.6 is 0 Å². The zero-order chi connectivity index (χ0) is 19.8. The van der Waals surface area contributed by atoms with Crippen molar-refractivity contribution in [3.63, 3.8) is 0 Å². The summed E-state index contributed by atoms with van der Waals surface area (Å²) in [5.74, 6) is 0.372. The van der Waals surface area contributed by atoms with Crippen LogP contribution in [0, 0.1) is 33.6 Å². The fraction of sp³-hybridized carbons (Fsp3) is 0.667. The average Bonchev–Trinajstić information content (AvgIpc) is 2.66. The van der Waals surface area contributed by atoms with Crippen LogP contribution in [0.1, 0.15) is 54.4 Å². The van der Waals surface area contributed by atoms with Crippen LogP contribution in [0.4, 0.5) is 0 Å². The summed E-state index contributed by atoms with van der Waals surface area (Å²) in [6.45, 7) is 9.45. The molecule has 1 aromatic rings. The SMILES string of the molecule is Cc1cc(C)c(C)c(S(=O)(=O)N2CCN(C(=O)C3CCCCC3)CC2)c1C. The van der Waals surface area contributed by atoms with Crippen LogP contribution in [0.2, 0.25) is 0 Å². The zero-order valence-electron chi connectivity index (χ0n) is 17.0. The van der Waals surface area contributed by atoms with Crippen LogP contribution in [0.15, 0.2) is 11.0 Å². The van der Waals surface area contributed by atoms with Crippen molar-refractivity contribution in [3.05, 3.63) is 28.3 Å². The summed E-state index contributed by atoms with van der Waals surface area (Å²) in [5, 5.41) is 0. The Morgan fingerprint density at radius 1 is 0.889 bits per heavy atom. The van der Waals surface area contributed by atoms with E-state index < -0.39 is 10.0 Å². The van der Waals surface area contributed by atoms with Crippen molar-refractivity contribution in [3.8, 4) is 0 Å². The van der Waals surface area contributed by atoms with Gasteiger partial charge in [-0.1, -0.05) is 25.3 Å². The first kappa shape index (κ1) is 20.3. The monoisotopic (exact) mass is 392 g/mol. The van der Waals surface area contributed by atoms with E-state index in [1.807, 2.05) is 38.7 Å². The molecule has 1 aromatic carbocycles. The average molecular weight is 393 g/mol. The second-order valence-electron chi connectivity index (χ2n) is 8.15. The molecule has 3 rings (SSSR count). The molecule has 0 unspecified atom stereocenters. The highest BCUT2D eigenvalue weighted by Gasteiger charge is 2.34. The minimum Gasteiger partial charge on any atom is -0.340 e. The highest BCUT2D eigenvalue weighted by atomic mass is 32.2. The Morgan fingerprint density at radius 3 is 1.93 bits per heavy atom. The van der Waals surface area contributed by atoms with Gasteiger partial charge in [0.2, 0.25) is 15.9 Å². The lowest BCUT2D eigenvalue weighted by Gasteiger charge is -2.37. The van der Waals surface area contributed by atoms with E-state index in [1.165, 1.54) is 6.42 Å². The predicted molar refractivity (Wildman–Crippen MR) is 107 cm³/mol. The van der Waals surface area contributed by atoms with E-state index in [2.05, 4.69) is 0 Å². The van der Waals surface area contributed by atoms with Gasteiger partial charge in [-0.25, -0.2) is 8.42 Å². The first-order chi connectivity index (χ1) is 12.7. The highest BCUT2D eigenvalue weighted by molar-refractivity contribution is 7.89. The van der Waals surface area contributed by atoms with Crippen LogP contribution in [0.3, 0.4) is 0 Å². The molecule has 0 radical (unpaired) electrons. The van der Waals surface area contributed by atoms with E-state index in [-0.39, 0.29) is 11.8 Å². The minimum absolute atomic E-state index is 0.144. The van der Waals surface area contributed by atoms with Crippen LogP contribution in [0.25, 0.3) is 0 Å². The number of hydrogen-bond donors (Lipinski definition) is 0. The molecule has 1 saturated carbocycles. The maximum atomic E-state index is 13.3. The van der Waals surface area contributed by atoms with E-state index in [9.17, 15) is 13.2 Å². The Morgan fingerprint density at radius 2 is 1.41 bits per heavy atom. The van der Waals surface area contributed by atoms with E-state index in [4.69, 9.17) is 0 Å². The van der Waals surface area contributed by atoms with Crippen molar-refractivity contribution in [1.82, 2.24) is 9.21 Å². The van der Waals surface area contributed by atoms with E-state index in [1.54, 1.807) is 4.31 Å². The molecule has 5 nitrogen and oxygen atoms in total. The Balaban J connectivity index is 1.75. The van der Waals surface area contributed by atoms with Gasteiger partial charge in [-0.3, -0.25) is 4.79 Å². The van der Waals surface area contributed by atoms with Gasteiger partial charge >= 0.3 is 0 Å². The quantitative estimate of drug-likeness (QED) is 0.793. The predicted octanol–water partition coefficient (Wildman–Crippen LogP) is 3.33. The maximum Gasteiger partial charge on any atom is 0.243 e. The topological polar surface area (TPSA) is 57.7 Å². The normalized spacial score (nSPS) is 20.1. The van der Waals surface area contributed by atoms with Gasteiger partial charge in [-0.15, -0.1) is 0 Å². The number of benzene rings is 1. The van der Waals surface area contributed by atoms with Crippen LogP contribution in [0.5, 0.6) is 0 Å². The lowest BCUT2D eigenvalue weighted by molar-refractivity contribution is -0.137. The first-order valence-corrected chi connectivity index (χ1v) is 11.5. The second-order valence-corrected chi connectivity index (χ2v) is 10.0. The van der Waals surface area contributed by atoms with Crippen LogP contribution in [-0.2, 0) is 14.8 Å². The van der Waals surface area contributed by atoms with Gasteiger partial charge < -0.3 is 4.90 Å². The highest BCUT2D eigenvalue weighted by Crippen LogP contribution is 2.30. The fourth-order valence-electron chi connectivity index (χ4n) is 4.45. The molecule has 1 heterocycles. The molecule has 1 saturated heterocycles. The number of hydrogen-bond acceptors (Lipinski definition) is 3. The Labute approximate surface area is 163 Å². The molecule has 0 aromatic heterocycles. The molecule has 2 aliphatic rings. The number of aryl methyl sites for hydroxylation is 2. The third-order valence-corrected chi connectivity index (χ3v) is 8.57. The molecule has 0 spiro atoms. The van der Waals surface area contributed by atoms with Gasteiger partial charge in [0.15, 0.2) is 0 Å². The largest absolute Gasteiger partial charge is 0.340 e. The summed E-state index contributed by atoms with van der Waals surface area (Å²) >= 11 is 0. The molecule has 0 N–H and O–H groups in total. The minimum atomic E-state index is -3.55. The van der Waals surface area contributed by atoms with Crippen LogP contribution < -0.4 is 0 Å². The van der Waals surface area contributed by atoms with Crippen molar-refractivity contribution in [1.29, 1.82) is 0 Å². The van der Waals surface area contributed by atoms with Gasteiger partial charge in [0.05, 0.1) is 4.90 Å². The summed E-state index contributed by atoms with van der Waals surface area (Å²) in [6, 6.07) is 2.05. The second kappa shape index (κ2) is 7.92. The number of sulfonamides is 1. The van der Waals surface area contributed by atoms with E-state index in [0.717, 1.165) is 47.9 Å². The summed E-state index contributed by atoms with van der Waals surface area (Å²) in [4.78, 5) is 15.1. The lowest BCUT2D eigenvalue weighted by Crippen LogP contribution is -2.52. The summed E-state index contributed by atoms with van der Waals surface area (Å²) in [6.07, 6.45) is 5.47. The van der Waals surface area contributed by atoms with Crippen molar-refractivity contribution >= 4 is 15.9 Å². The van der Waals surface area contributed by atoms with E-state index >= 15 is 0 Å². The Hall–Kier alpha value is -1.40. The van der Waals surface area contributed by atoms with Crippen molar-refractivity contribution in [2.24, 2.45) is 5.92 Å². The van der Waals surface area contributed by atoms with Crippen molar-refractivity contribution < 1.29 is 13.2 Å². The fourth-order valence-corrected chi connectivity index (χ4v) is 6.45.